The van der Waals surface area contributed by atoms with Gasteiger partial charge in [-0.3, -0.25) is 0 Å². The summed E-state index contributed by atoms with van der Waals surface area (Å²) in [7, 11) is -3.51. The minimum atomic E-state index is -3.51. The minimum Gasteiger partial charge on any atom is -0.236 e. The number of hydrogen-bond donors (Lipinski definition) is 1. The Morgan fingerprint density at radius 3 is 2.21 bits per heavy atom. The first kappa shape index (κ1) is 19.5. The lowest BCUT2D eigenvalue weighted by Gasteiger charge is -2.07. The number of thiazole rings is 1. The summed E-state index contributed by atoms with van der Waals surface area (Å²) in [6.45, 7) is 2.31. The van der Waals surface area contributed by atoms with Gasteiger partial charge >= 0.3 is 0 Å². The van der Waals surface area contributed by atoms with Gasteiger partial charge in [-0.25, -0.2) is 18.1 Å². The molecule has 1 N–H and O–H groups in total. The summed E-state index contributed by atoms with van der Waals surface area (Å²) in [4.78, 5) is 5.01. The van der Waals surface area contributed by atoms with E-state index in [9.17, 15) is 8.42 Å². The molecule has 0 aliphatic rings. The molecule has 3 aromatic carbocycles. The second kappa shape index (κ2) is 8.29. The van der Waals surface area contributed by atoms with Crippen LogP contribution >= 0.6 is 11.3 Å². The van der Waals surface area contributed by atoms with Crippen molar-refractivity contribution in [3.8, 4) is 21.8 Å². The quantitative estimate of drug-likeness (QED) is 0.463. The Labute approximate surface area is 175 Å². The molecule has 4 rings (SSSR count). The fraction of sp³-hybridized carbons (Fsp3) is 0.0870. The molecular weight excluding hydrogens is 400 g/mol. The molecule has 1 aromatic heterocycles. The van der Waals surface area contributed by atoms with Gasteiger partial charge in [-0.05, 0) is 24.6 Å². The van der Waals surface area contributed by atoms with Crippen molar-refractivity contribution in [3.63, 3.8) is 0 Å². The molecular formula is C23H20N2O2S2. The van der Waals surface area contributed by atoms with E-state index in [0.717, 1.165) is 27.4 Å². The van der Waals surface area contributed by atoms with Crippen LogP contribution in [0.15, 0.2) is 89.1 Å². The van der Waals surface area contributed by atoms with Crippen molar-refractivity contribution in [2.75, 3.05) is 0 Å². The molecule has 0 atom stereocenters. The Kier molecular flexibility index (Phi) is 5.58. The summed E-state index contributed by atoms with van der Waals surface area (Å²) in [5.74, 6) is 0. The number of sulfonamides is 1. The normalized spacial score (nSPS) is 11.5. The van der Waals surface area contributed by atoms with Crippen LogP contribution in [-0.4, -0.2) is 13.4 Å². The Balaban J connectivity index is 1.45. The summed E-state index contributed by atoms with van der Waals surface area (Å²) in [5, 5.41) is 3.00. The van der Waals surface area contributed by atoms with Crippen LogP contribution in [0.25, 0.3) is 21.8 Å². The van der Waals surface area contributed by atoms with Gasteiger partial charge in [-0.2, -0.15) is 0 Å². The third kappa shape index (κ3) is 4.62. The van der Waals surface area contributed by atoms with Crippen LogP contribution in [0.2, 0.25) is 0 Å². The first-order chi connectivity index (χ1) is 14.0. The highest BCUT2D eigenvalue weighted by atomic mass is 32.2. The third-order valence-corrected chi connectivity index (χ3v) is 6.88. The monoisotopic (exact) mass is 420 g/mol. The van der Waals surface area contributed by atoms with Gasteiger partial charge in [-0.15, -0.1) is 11.3 Å². The van der Waals surface area contributed by atoms with Crippen molar-refractivity contribution in [3.05, 3.63) is 95.4 Å². The van der Waals surface area contributed by atoms with Crippen molar-refractivity contribution >= 4 is 21.4 Å². The molecule has 0 aliphatic heterocycles. The van der Waals surface area contributed by atoms with Gasteiger partial charge in [0.15, 0.2) is 0 Å². The van der Waals surface area contributed by atoms with E-state index in [-0.39, 0.29) is 11.4 Å². The van der Waals surface area contributed by atoms with Crippen LogP contribution in [0.5, 0.6) is 0 Å². The van der Waals surface area contributed by atoms with Crippen LogP contribution in [0.1, 0.15) is 11.1 Å². The fourth-order valence-electron chi connectivity index (χ4n) is 2.89. The predicted octanol–water partition coefficient (Wildman–Crippen LogP) is 5.26. The van der Waals surface area contributed by atoms with Crippen LogP contribution in [0.4, 0.5) is 0 Å². The summed E-state index contributed by atoms with van der Waals surface area (Å²) >= 11 is 1.60. The maximum absolute atomic E-state index is 12.3. The average Bonchev–Trinajstić information content (AvgIpc) is 3.24. The van der Waals surface area contributed by atoms with Crippen molar-refractivity contribution in [1.82, 2.24) is 9.71 Å². The van der Waals surface area contributed by atoms with Crippen LogP contribution < -0.4 is 4.72 Å². The molecule has 6 heteroatoms. The minimum absolute atomic E-state index is 0.240. The molecule has 0 fully saturated rings. The molecule has 0 saturated carbocycles. The van der Waals surface area contributed by atoms with E-state index in [1.165, 1.54) is 5.56 Å². The summed E-state index contributed by atoms with van der Waals surface area (Å²) in [6.07, 6.45) is 0. The highest BCUT2D eigenvalue weighted by Crippen LogP contribution is 2.29. The van der Waals surface area contributed by atoms with Crippen molar-refractivity contribution in [2.24, 2.45) is 0 Å². The number of hydrogen-bond acceptors (Lipinski definition) is 4. The van der Waals surface area contributed by atoms with E-state index in [4.69, 9.17) is 4.98 Å². The lowest BCUT2D eigenvalue weighted by molar-refractivity contribution is 0.581. The zero-order valence-corrected chi connectivity index (χ0v) is 17.5. The third-order valence-electron chi connectivity index (χ3n) is 4.57. The maximum Gasteiger partial charge on any atom is 0.240 e. The lowest BCUT2D eigenvalue weighted by Crippen LogP contribution is -2.23. The van der Waals surface area contributed by atoms with Crippen molar-refractivity contribution in [1.29, 1.82) is 0 Å². The highest BCUT2D eigenvalue weighted by molar-refractivity contribution is 7.89. The number of benzene rings is 3. The first-order valence-corrected chi connectivity index (χ1v) is 11.5. The Morgan fingerprint density at radius 2 is 1.52 bits per heavy atom. The van der Waals surface area contributed by atoms with Gasteiger partial charge in [0.1, 0.15) is 5.01 Å². The molecule has 0 amide bonds. The zero-order valence-electron chi connectivity index (χ0n) is 15.9. The summed E-state index contributed by atoms with van der Waals surface area (Å²) in [5.41, 5.74) is 5.20. The van der Waals surface area contributed by atoms with E-state index in [0.29, 0.717) is 0 Å². The zero-order chi connectivity index (χ0) is 20.3. The maximum atomic E-state index is 12.3. The van der Waals surface area contributed by atoms with Crippen LogP contribution in [0, 0.1) is 6.92 Å². The van der Waals surface area contributed by atoms with Crippen molar-refractivity contribution < 1.29 is 8.42 Å². The molecule has 0 radical (unpaired) electrons. The van der Waals surface area contributed by atoms with E-state index in [2.05, 4.69) is 41.3 Å². The Hall–Kier alpha value is -2.80. The standard InChI is InChI=1S/C23H20N2O2S2/c1-17-7-11-19(12-8-17)22-16-28-23(25-22)20-13-9-18(10-14-20)15-24-29(26,27)21-5-3-2-4-6-21/h2-14,16,24H,15H2,1H3. The van der Waals surface area contributed by atoms with Crippen LogP contribution in [0.3, 0.4) is 0 Å². The largest absolute Gasteiger partial charge is 0.240 e. The number of nitrogens with zero attached hydrogens (tertiary/aromatic N) is 1. The molecule has 29 heavy (non-hydrogen) atoms. The molecule has 0 bridgehead atoms. The smallest absolute Gasteiger partial charge is 0.236 e. The number of nitrogens with one attached hydrogen (secondary N) is 1. The lowest BCUT2D eigenvalue weighted by atomic mass is 10.1. The topological polar surface area (TPSA) is 59.1 Å². The van der Waals surface area contributed by atoms with Crippen LogP contribution in [-0.2, 0) is 16.6 Å². The molecule has 0 aliphatic carbocycles. The number of aryl methyl sites for hydroxylation is 1. The summed E-state index contributed by atoms with van der Waals surface area (Å²) in [6, 6.07) is 24.5. The van der Waals surface area contributed by atoms with Gasteiger partial charge in [-0.1, -0.05) is 72.3 Å². The van der Waals surface area contributed by atoms with E-state index >= 15 is 0 Å². The van der Waals surface area contributed by atoms with E-state index in [1.807, 2.05) is 24.3 Å². The van der Waals surface area contributed by atoms with E-state index < -0.39 is 10.0 Å². The van der Waals surface area contributed by atoms with Gasteiger partial charge in [0, 0.05) is 23.1 Å². The molecule has 0 spiro atoms. The fourth-order valence-corrected chi connectivity index (χ4v) is 4.76. The molecule has 0 saturated heterocycles. The van der Waals surface area contributed by atoms with Gasteiger partial charge in [0.25, 0.3) is 0 Å². The van der Waals surface area contributed by atoms with Gasteiger partial charge in [0.2, 0.25) is 10.0 Å². The molecule has 4 nitrogen and oxygen atoms in total. The SMILES string of the molecule is Cc1ccc(-c2csc(-c3ccc(CNS(=O)(=O)c4ccccc4)cc3)n2)cc1. The Bertz CT molecular complexity index is 1200. The van der Waals surface area contributed by atoms with Crippen molar-refractivity contribution in [2.45, 2.75) is 18.4 Å². The highest BCUT2D eigenvalue weighted by Gasteiger charge is 2.13. The molecule has 0 unspecified atom stereocenters. The van der Waals surface area contributed by atoms with E-state index in [1.54, 1.807) is 41.7 Å². The Morgan fingerprint density at radius 1 is 0.862 bits per heavy atom. The second-order valence-electron chi connectivity index (χ2n) is 6.74. The molecule has 146 valence electrons. The van der Waals surface area contributed by atoms with Gasteiger partial charge < -0.3 is 0 Å². The number of aromatic nitrogens is 1. The average molecular weight is 421 g/mol. The predicted molar refractivity (Wildman–Crippen MR) is 118 cm³/mol. The van der Waals surface area contributed by atoms with Gasteiger partial charge in [0.05, 0.1) is 10.6 Å². The second-order valence-corrected chi connectivity index (χ2v) is 9.36. The molecule has 1 heterocycles. The summed E-state index contributed by atoms with van der Waals surface area (Å²) < 4.78 is 27.3. The number of rotatable bonds is 6. The molecule has 4 aromatic rings. The first-order valence-electron chi connectivity index (χ1n) is 9.18.